The number of hydrogen-bond donors (Lipinski definition) is 4. The Bertz CT molecular complexity index is 1120. The molecular formula is C29H46N8O. The van der Waals surface area contributed by atoms with E-state index in [4.69, 9.17) is 0 Å². The number of nitrogens with zero attached hydrogens (tertiary/aromatic N) is 5. The van der Waals surface area contributed by atoms with Crippen molar-refractivity contribution in [2.75, 3.05) is 68.3 Å². The fourth-order valence-electron chi connectivity index (χ4n) is 4.51. The molecule has 208 valence electrons. The van der Waals surface area contributed by atoms with Crippen LogP contribution < -0.4 is 16.0 Å². The number of phenols is 1. The van der Waals surface area contributed by atoms with Crippen LogP contribution in [0, 0.1) is 13.8 Å². The zero-order chi connectivity index (χ0) is 27.5. The van der Waals surface area contributed by atoms with E-state index in [1.807, 2.05) is 32.0 Å². The van der Waals surface area contributed by atoms with Crippen LogP contribution in [0.1, 0.15) is 51.7 Å². The first-order valence-corrected chi connectivity index (χ1v) is 14.1. The molecule has 38 heavy (non-hydrogen) atoms. The number of phenolic OH excluding ortho intramolecular Hbond substituents is 1. The zero-order valence-corrected chi connectivity index (χ0v) is 24.1. The number of aryl methyl sites for hydroxylation is 1. The highest BCUT2D eigenvalue weighted by molar-refractivity contribution is 5.92. The summed E-state index contributed by atoms with van der Waals surface area (Å²) < 4.78 is 0. The van der Waals surface area contributed by atoms with E-state index >= 15 is 0 Å². The maximum Gasteiger partial charge on any atom is 0.233 e. The van der Waals surface area contributed by atoms with Gasteiger partial charge in [0, 0.05) is 24.2 Å². The summed E-state index contributed by atoms with van der Waals surface area (Å²) in [5.74, 6) is 1.92. The average Bonchev–Trinajstić information content (AvgIpc) is 2.92. The summed E-state index contributed by atoms with van der Waals surface area (Å²) in [5, 5.41) is 22.5. The molecule has 1 heterocycles. The van der Waals surface area contributed by atoms with Crippen LogP contribution in [0.2, 0.25) is 0 Å². The van der Waals surface area contributed by atoms with Gasteiger partial charge < -0.3 is 30.9 Å². The van der Waals surface area contributed by atoms with Gasteiger partial charge in [0.15, 0.2) is 0 Å². The second-order valence-corrected chi connectivity index (χ2v) is 9.65. The number of nitrogens with one attached hydrogen (secondary N) is 3. The Balaban J connectivity index is 1.75. The van der Waals surface area contributed by atoms with Crippen molar-refractivity contribution in [1.29, 1.82) is 0 Å². The van der Waals surface area contributed by atoms with Crippen LogP contribution in [0.15, 0.2) is 24.3 Å². The molecule has 0 atom stereocenters. The van der Waals surface area contributed by atoms with Crippen molar-refractivity contribution < 1.29 is 5.11 Å². The predicted octanol–water partition coefficient (Wildman–Crippen LogP) is 5.38. The number of anilines is 4. The van der Waals surface area contributed by atoms with E-state index in [1.165, 1.54) is 0 Å². The molecule has 0 aliphatic rings. The van der Waals surface area contributed by atoms with E-state index in [2.05, 4.69) is 74.5 Å². The number of aromatic hydroxyl groups is 1. The summed E-state index contributed by atoms with van der Waals surface area (Å²) in [6.45, 7) is 20.6. The summed E-state index contributed by atoms with van der Waals surface area (Å²) in [6, 6.07) is 7.97. The molecule has 9 heteroatoms. The molecule has 0 unspecified atom stereocenters. The van der Waals surface area contributed by atoms with Crippen molar-refractivity contribution in [2.45, 2.75) is 54.4 Å². The number of rotatable bonds is 16. The van der Waals surface area contributed by atoms with Crippen LogP contribution in [0.3, 0.4) is 0 Å². The molecule has 3 aromatic rings. The first-order chi connectivity index (χ1) is 18.4. The summed E-state index contributed by atoms with van der Waals surface area (Å²) in [7, 11) is 0. The molecule has 2 aromatic carbocycles. The molecule has 4 N–H and O–H groups in total. The van der Waals surface area contributed by atoms with Crippen molar-refractivity contribution in [3.63, 3.8) is 0 Å². The van der Waals surface area contributed by atoms with E-state index in [9.17, 15) is 5.11 Å². The zero-order valence-electron chi connectivity index (χ0n) is 24.1. The minimum absolute atomic E-state index is 0.333. The third-order valence-corrected chi connectivity index (χ3v) is 7.17. The Morgan fingerprint density at radius 3 is 1.79 bits per heavy atom. The number of benzene rings is 2. The van der Waals surface area contributed by atoms with Crippen molar-refractivity contribution in [1.82, 2.24) is 24.8 Å². The topological polar surface area (TPSA) is 101 Å². The Labute approximate surface area is 228 Å². The standard InChI is InChI=1S/C29H46N8O/c1-7-36(8-2)17-11-15-30-27-33-28(31-16-12-18-37(9-3)10-4)35-29(34-27)32-24-13-14-25-23(20-24)19-21(5)22(6)26(25)38/h13-14,19-20,38H,7-12,15-18H2,1-6H3,(H3,30,31,32,33,34,35). The maximum atomic E-state index is 10.6. The lowest BCUT2D eigenvalue weighted by molar-refractivity contribution is 0.303. The summed E-state index contributed by atoms with van der Waals surface area (Å²) in [5.41, 5.74) is 2.81. The molecule has 0 spiro atoms. The third-order valence-electron chi connectivity index (χ3n) is 7.17. The van der Waals surface area contributed by atoms with Crippen molar-refractivity contribution >= 4 is 34.3 Å². The summed E-state index contributed by atoms with van der Waals surface area (Å²) in [6.07, 6.45) is 2.02. The maximum absolute atomic E-state index is 10.6. The van der Waals surface area contributed by atoms with Gasteiger partial charge in [-0.2, -0.15) is 15.0 Å². The van der Waals surface area contributed by atoms with Crippen LogP contribution in [-0.4, -0.2) is 82.2 Å². The normalized spacial score (nSPS) is 11.5. The van der Waals surface area contributed by atoms with Gasteiger partial charge in [0.25, 0.3) is 0 Å². The van der Waals surface area contributed by atoms with E-state index in [0.29, 0.717) is 23.6 Å². The van der Waals surface area contributed by atoms with E-state index in [0.717, 1.165) is 92.8 Å². The quantitative estimate of drug-likeness (QED) is 0.185. The van der Waals surface area contributed by atoms with Gasteiger partial charge in [0.2, 0.25) is 17.8 Å². The van der Waals surface area contributed by atoms with Crippen molar-refractivity contribution in [2.24, 2.45) is 0 Å². The van der Waals surface area contributed by atoms with Gasteiger partial charge in [-0.3, -0.25) is 0 Å². The lowest BCUT2D eigenvalue weighted by Crippen LogP contribution is -2.26. The van der Waals surface area contributed by atoms with Gasteiger partial charge in [0.05, 0.1) is 0 Å². The molecular weight excluding hydrogens is 476 g/mol. The molecule has 3 rings (SSSR count). The van der Waals surface area contributed by atoms with Gasteiger partial charge in [-0.05, 0) is 101 Å². The fourth-order valence-corrected chi connectivity index (χ4v) is 4.51. The minimum Gasteiger partial charge on any atom is -0.507 e. The molecule has 0 bridgehead atoms. The van der Waals surface area contributed by atoms with Gasteiger partial charge >= 0.3 is 0 Å². The van der Waals surface area contributed by atoms with Gasteiger partial charge in [0.1, 0.15) is 5.75 Å². The molecule has 0 saturated carbocycles. The largest absolute Gasteiger partial charge is 0.507 e. The molecule has 0 radical (unpaired) electrons. The van der Waals surface area contributed by atoms with E-state index < -0.39 is 0 Å². The Kier molecular flexibility index (Phi) is 11.4. The molecule has 1 aromatic heterocycles. The third kappa shape index (κ3) is 8.16. The van der Waals surface area contributed by atoms with Crippen LogP contribution in [0.5, 0.6) is 5.75 Å². The van der Waals surface area contributed by atoms with Crippen molar-refractivity contribution in [3.8, 4) is 5.75 Å². The Hall–Kier alpha value is -3.17. The predicted molar refractivity (Wildman–Crippen MR) is 160 cm³/mol. The number of fused-ring (bicyclic) bond motifs is 1. The molecule has 0 amide bonds. The van der Waals surface area contributed by atoms with Crippen LogP contribution in [0.25, 0.3) is 10.8 Å². The van der Waals surface area contributed by atoms with Gasteiger partial charge in [-0.1, -0.05) is 33.8 Å². The lowest BCUT2D eigenvalue weighted by Gasteiger charge is -2.18. The van der Waals surface area contributed by atoms with Crippen LogP contribution in [-0.2, 0) is 0 Å². The van der Waals surface area contributed by atoms with Gasteiger partial charge in [-0.15, -0.1) is 0 Å². The molecule has 0 saturated heterocycles. The second kappa shape index (κ2) is 14.7. The van der Waals surface area contributed by atoms with Crippen LogP contribution >= 0.6 is 0 Å². The monoisotopic (exact) mass is 522 g/mol. The molecule has 9 nitrogen and oxygen atoms in total. The number of aromatic nitrogens is 3. The smallest absolute Gasteiger partial charge is 0.233 e. The van der Waals surface area contributed by atoms with Crippen LogP contribution in [0.4, 0.5) is 23.5 Å². The van der Waals surface area contributed by atoms with Crippen molar-refractivity contribution in [3.05, 3.63) is 35.4 Å². The van der Waals surface area contributed by atoms with Gasteiger partial charge in [-0.25, -0.2) is 0 Å². The summed E-state index contributed by atoms with van der Waals surface area (Å²) in [4.78, 5) is 18.7. The lowest BCUT2D eigenvalue weighted by atomic mass is 10.0. The first kappa shape index (κ1) is 29.4. The highest BCUT2D eigenvalue weighted by Gasteiger charge is 2.11. The Morgan fingerprint density at radius 1 is 0.737 bits per heavy atom. The number of hydrogen-bond acceptors (Lipinski definition) is 9. The minimum atomic E-state index is 0.333. The van der Waals surface area contributed by atoms with E-state index in [1.54, 1.807) is 0 Å². The average molecular weight is 523 g/mol. The first-order valence-electron chi connectivity index (χ1n) is 14.1. The highest BCUT2D eigenvalue weighted by Crippen LogP contribution is 2.33. The SMILES string of the molecule is CCN(CC)CCCNc1nc(NCCCN(CC)CC)nc(Nc2ccc3c(O)c(C)c(C)cc3c2)n1. The van der Waals surface area contributed by atoms with E-state index in [-0.39, 0.29) is 0 Å². The Morgan fingerprint density at radius 2 is 1.26 bits per heavy atom. The second-order valence-electron chi connectivity index (χ2n) is 9.65. The summed E-state index contributed by atoms with van der Waals surface area (Å²) >= 11 is 0. The highest BCUT2D eigenvalue weighted by atomic mass is 16.3. The molecule has 0 aliphatic carbocycles. The fraction of sp³-hybridized carbons (Fsp3) is 0.552. The molecule has 0 fully saturated rings. The molecule has 0 aliphatic heterocycles.